The van der Waals surface area contributed by atoms with Crippen LogP contribution < -0.4 is 5.32 Å². The molecule has 1 saturated heterocycles. The van der Waals surface area contributed by atoms with E-state index in [2.05, 4.69) is 10.3 Å². The van der Waals surface area contributed by atoms with Crippen molar-refractivity contribution < 1.29 is 4.79 Å². The van der Waals surface area contributed by atoms with E-state index in [1.54, 1.807) is 4.90 Å². The van der Waals surface area contributed by atoms with Crippen LogP contribution in [0.1, 0.15) is 5.56 Å². The third-order valence-corrected chi connectivity index (χ3v) is 2.59. The summed E-state index contributed by atoms with van der Waals surface area (Å²) in [6.45, 7) is 2.35. The van der Waals surface area contributed by atoms with Crippen LogP contribution in [0.3, 0.4) is 0 Å². The Morgan fingerprint density at radius 1 is 1.64 bits per heavy atom. The number of amides is 1. The van der Waals surface area contributed by atoms with Crippen molar-refractivity contribution in [2.45, 2.75) is 6.54 Å². The SMILES string of the molecule is CN(Cc1cc[nH]c1)C(=O)C1CNC1. The first-order valence-corrected chi connectivity index (χ1v) is 4.85. The van der Waals surface area contributed by atoms with E-state index >= 15 is 0 Å². The van der Waals surface area contributed by atoms with Crippen LogP contribution in [0.25, 0.3) is 0 Å². The summed E-state index contributed by atoms with van der Waals surface area (Å²) in [5, 5.41) is 3.10. The van der Waals surface area contributed by atoms with Crippen molar-refractivity contribution in [3.63, 3.8) is 0 Å². The van der Waals surface area contributed by atoms with Crippen LogP contribution in [0.4, 0.5) is 0 Å². The minimum absolute atomic E-state index is 0.193. The highest BCUT2D eigenvalue weighted by Gasteiger charge is 2.27. The number of aromatic nitrogens is 1. The second-order valence-corrected chi connectivity index (χ2v) is 3.77. The predicted molar refractivity (Wildman–Crippen MR) is 53.6 cm³/mol. The molecule has 1 aliphatic rings. The summed E-state index contributed by atoms with van der Waals surface area (Å²) in [4.78, 5) is 16.5. The normalized spacial score (nSPS) is 16.4. The van der Waals surface area contributed by atoms with Gasteiger partial charge in [-0.2, -0.15) is 0 Å². The number of nitrogens with zero attached hydrogens (tertiary/aromatic N) is 1. The lowest BCUT2D eigenvalue weighted by Crippen LogP contribution is -2.50. The summed E-state index contributed by atoms with van der Waals surface area (Å²) in [5.74, 6) is 0.434. The van der Waals surface area contributed by atoms with Gasteiger partial charge in [0.25, 0.3) is 0 Å². The molecule has 0 saturated carbocycles. The van der Waals surface area contributed by atoms with Gasteiger partial charge in [0.2, 0.25) is 5.91 Å². The molecule has 1 aliphatic heterocycles. The van der Waals surface area contributed by atoms with E-state index in [4.69, 9.17) is 0 Å². The number of hydrogen-bond donors (Lipinski definition) is 2. The molecule has 0 bridgehead atoms. The fourth-order valence-electron chi connectivity index (χ4n) is 1.58. The molecule has 1 amide bonds. The Morgan fingerprint density at radius 2 is 2.43 bits per heavy atom. The van der Waals surface area contributed by atoms with E-state index in [1.807, 2.05) is 25.5 Å². The lowest BCUT2D eigenvalue weighted by molar-refractivity contribution is -0.136. The maximum absolute atomic E-state index is 11.7. The molecule has 0 unspecified atom stereocenters. The highest BCUT2D eigenvalue weighted by atomic mass is 16.2. The number of carbonyl (C=O) groups is 1. The van der Waals surface area contributed by atoms with Crippen LogP contribution in [-0.2, 0) is 11.3 Å². The second kappa shape index (κ2) is 3.84. The lowest BCUT2D eigenvalue weighted by atomic mass is 10.0. The maximum atomic E-state index is 11.7. The third-order valence-electron chi connectivity index (χ3n) is 2.59. The van der Waals surface area contributed by atoms with Gasteiger partial charge in [-0.25, -0.2) is 0 Å². The molecular weight excluding hydrogens is 178 g/mol. The van der Waals surface area contributed by atoms with Gasteiger partial charge in [0.05, 0.1) is 5.92 Å². The third kappa shape index (κ3) is 1.80. The zero-order chi connectivity index (χ0) is 9.97. The number of hydrogen-bond acceptors (Lipinski definition) is 2. The Balaban J connectivity index is 1.88. The molecule has 0 aliphatic carbocycles. The van der Waals surface area contributed by atoms with Crippen molar-refractivity contribution in [3.8, 4) is 0 Å². The molecule has 14 heavy (non-hydrogen) atoms. The van der Waals surface area contributed by atoms with Crippen LogP contribution in [0.5, 0.6) is 0 Å². The van der Waals surface area contributed by atoms with E-state index in [1.165, 1.54) is 0 Å². The smallest absolute Gasteiger partial charge is 0.228 e. The van der Waals surface area contributed by atoms with Gasteiger partial charge in [0, 0.05) is 39.1 Å². The summed E-state index contributed by atoms with van der Waals surface area (Å²) in [6.07, 6.45) is 3.79. The summed E-state index contributed by atoms with van der Waals surface area (Å²) in [5.41, 5.74) is 1.15. The van der Waals surface area contributed by atoms with E-state index in [9.17, 15) is 4.79 Å². The molecule has 1 aromatic heterocycles. The summed E-state index contributed by atoms with van der Waals surface area (Å²) in [6, 6.07) is 1.99. The van der Waals surface area contributed by atoms with E-state index in [0.717, 1.165) is 18.7 Å². The fourth-order valence-corrected chi connectivity index (χ4v) is 1.58. The number of nitrogens with one attached hydrogen (secondary N) is 2. The molecule has 2 rings (SSSR count). The van der Waals surface area contributed by atoms with Crippen LogP contribution >= 0.6 is 0 Å². The molecule has 0 aromatic carbocycles. The zero-order valence-electron chi connectivity index (χ0n) is 8.29. The number of carbonyl (C=O) groups excluding carboxylic acids is 1. The second-order valence-electron chi connectivity index (χ2n) is 3.77. The van der Waals surface area contributed by atoms with Gasteiger partial charge >= 0.3 is 0 Å². The number of H-pyrrole nitrogens is 1. The predicted octanol–water partition coefficient (Wildman–Crippen LogP) is 0.192. The molecular formula is C10H15N3O. The first kappa shape index (κ1) is 9.27. The Labute approximate surface area is 83.3 Å². The Kier molecular flexibility index (Phi) is 2.54. The van der Waals surface area contributed by atoms with Crippen molar-refractivity contribution in [3.05, 3.63) is 24.0 Å². The van der Waals surface area contributed by atoms with E-state index < -0.39 is 0 Å². The summed E-state index contributed by atoms with van der Waals surface area (Å²) >= 11 is 0. The number of rotatable bonds is 3. The number of aromatic amines is 1. The van der Waals surface area contributed by atoms with Crippen molar-refractivity contribution in [1.29, 1.82) is 0 Å². The van der Waals surface area contributed by atoms with Gasteiger partial charge in [0.15, 0.2) is 0 Å². The zero-order valence-corrected chi connectivity index (χ0v) is 8.29. The van der Waals surface area contributed by atoms with E-state index in [-0.39, 0.29) is 11.8 Å². The molecule has 2 N–H and O–H groups in total. The molecule has 0 radical (unpaired) electrons. The Morgan fingerprint density at radius 3 is 2.93 bits per heavy atom. The van der Waals surface area contributed by atoms with Gasteiger partial charge < -0.3 is 15.2 Å². The largest absolute Gasteiger partial charge is 0.367 e. The molecule has 76 valence electrons. The fraction of sp³-hybridized carbons (Fsp3) is 0.500. The molecule has 0 spiro atoms. The lowest BCUT2D eigenvalue weighted by Gasteiger charge is -2.30. The van der Waals surface area contributed by atoms with Crippen molar-refractivity contribution in [1.82, 2.24) is 15.2 Å². The molecule has 1 fully saturated rings. The van der Waals surface area contributed by atoms with Gasteiger partial charge in [-0.1, -0.05) is 0 Å². The van der Waals surface area contributed by atoms with Crippen LogP contribution in [0.15, 0.2) is 18.5 Å². The summed E-state index contributed by atoms with van der Waals surface area (Å²) < 4.78 is 0. The highest BCUT2D eigenvalue weighted by molar-refractivity contribution is 5.79. The van der Waals surface area contributed by atoms with Gasteiger partial charge in [-0.15, -0.1) is 0 Å². The topological polar surface area (TPSA) is 48.1 Å². The molecule has 4 nitrogen and oxygen atoms in total. The van der Waals surface area contributed by atoms with Gasteiger partial charge in [0.1, 0.15) is 0 Å². The standard InChI is InChI=1S/C10H15N3O/c1-13(7-8-2-3-11-4-8)10(14)9-5-12-6-9/h2-4,9,11-12H,5-7H2,1H3. The highest BCUT2D eigenvalue weighted by Crippen LogP contribution is 2.09. The van der Waals surface area contributed by atoms with Gasteiger partial charge in [-0.05, 0) is 11.6 Å². The first-order valence-electron chi connectivity index (χ1n) is 4.85. The monoisotopic (exact) mass is 193 g/mol. The molecule has 1 aromatic rings. The first-order chi connectivity index (χ1) is 6.77. The van der Waals surface area contributed by atoms with Crippen LogP contribution in [-0.4, -0.2) is 35.9 Å². The van der Waals surface area contributed by atoms with Crippen molar-refractivity contribution >= 4 is 5.91 Å². The minimum Gasteiger partial charge on any atom is -0.367 e. The Hall–Kier alpha value is -1.29. The van der Waals surface area contributed by atoms with Gasteiger partial charge in [-0.3, -0.25) is 4.79 Å². The quantitative estimate of drug-likeness (QED) is 0.720. The average molecular weight is 193 g/mol. The van der Waals surface area contributed by atoms with Crippen LogP contribution in [0.2, 0.25) is 0 Å². The maximum Gasteiger partial charge on any atom is 0.228 e. The molecule has 4 heteroatoms. The van der Waals surface area contributed by atoms with Crippen LogP contribution in [0, 0.1) is 5.92 Å². The molecule has 0 atom stereocenters. The van der Waals surface area contributed by atoms with E-state index in [0.29, 0.717) is 6.54 Å². The molecule has 2 heterocycles. The Bertz CT molecular complexity index is 303. The summed E-state index contributed by atoms with van der Waals surface area (Å²) in [7, 11) is 1.85. The van der Waals surface area contributed by atoms with Crippen molar-refractivity contribution in [2.75, 3.05) is 20.1 Å². The van der Waals surface area contributed by atoms with Crippen molar-refractivity contribution in [2.24, 2.45) is 5.92 Å². The average Bonchev–Trinajstić information content (AvgIpc) is 2.53. The minimum atomic E-state index is 0.193.